The summed E-state index contributed by atoms with van der Waals surface area (Å²) in [7, 11) is 0. The maximum atomic E-state index is 12.6. The molecule has 4 aromatic rings. The Hall–Kier alpha value is -5.46. The van der Waals surface area contributed by atoms with E-state index in [9.17, 15) is 9.59 Å². The lowest BCUT2D eigenvalue weighted by atomic mass is 10.2. The van der Waals surface area contributed by atoms with Crippen LogP contribution in [0.1, 0.15) is 45.7 Å². The van der Waals surface area contributed by atoms with Gasteiger partial charge in [-0.3, -0.25) is 19.6 Å². The van der Waals surface area contributed by atoms with Gasteiger partial charge in [-0.15, -0.1) is 0 Å². The van der Waals surface area contributed by atoms with Crippen molar-refractivity contribution in [2.45, 2.75) is 26.4 Å². The molecule has 0 spiro atoms. The molecule has 0 bridgehead atoms. The highest BCUT2D eigenvalue weighted by atomic mass is 16.8. The maximum Gasteiger partial charge on any atom is 0.271 e. The van der Waals surface area contributed by atoms with Crippen LogP contribution < -0.4 is 20.3 Å². The van der Waals surface area contributed by atoms with E-state index in [2.05, 4.69) is 31.0 Å². The Morgan fingerprint density at radius 3 is 1.34 bits per heavy atom. The second-order valence-electron chi connectivity index (χ2n) is 9.51. The molecule has 2 amide bonds. The van der Waals surface area contributed by atoms with E-state index in [4.69, 9.17) is 18.9 Å². The van der Waals surface area contributed by atoms with Gasteiger partial charge >= 0.3 is 0 Å². The summed E-state index contributed by atoms with van der Waals surface area (Å²) in [5, 5.41) is 8.31. The molecule has 12 heteroatoms. The van der Waals surface area contributed by atoms with Gasteiger partial charge in [0.1, 0.15) is 11.5 Å². The molecule has 224 valence electrons. The minimum atomic E-state index is -0.871. The molecule has 0 aliphatic carbocycles. The maximum absolute atomic E-state index is 12.6. The van der Waals surface area contributed by atoms with Crippen LogP contribution in [-0.4, -0.2) is 59.0 Å². The first-order valence-corrected chi connectivity index (χ1v) is 13.7. The Morgan fingerprint density at radius 1 is 0.614 bits per heavy atom. The molecule has 3 heterocycles. The fourth-order valence-electron chi connectivity index (χ4n) is 4.02. The summed E-state index contributed by atoms with van der Waals surface area (Å²) in [6.07, 6.45) is 4.89. The average molecular weight is 595 g/mol. The Bertz CT molecular complexity index is 1490. The first-order chi connectivity index (χ1) is 21.5. The van der Waals surface area contributed by atoms with Gasteiger partial charge in [-0.05, 0) is 86.6 Å². The molecule has 1 aliphatic heterocycles. The lowest BCUT2D eigenvalue weighted by molar-refractivity contribution is -0.271. The zero-order valence-corrected chi connectivity index (χ0v) is 24.0. The molecule has 0 unspecified atom stereocenters. The summed E-state index contributed by atoms with van der Waals surface area (Å²) in [5.74, 6) is 0.181. The minimum Gasteiger partial charge on any atom is -0.458 e. The number of rotatable bonds is 10. The lowest BCUT2D eigenvalue weighted by Crippen LogP contribution is -2.45. The number of hydrazone groups is 2. The van der Waals surface area contributed by atoms with E-state index in [1.165, 1.54) is 0 Å². The number of hydrogen-bond donors (Lipinski definition) is 2. The first kappa shape index (κ1) is 30.0. The molecular weight excluding hydrogens is 564 g/mol. The van der Waals surface area contributed by atoms with Crippen molar-refractivity contribution in [1.29, 1.82) is 0 Å². The molecule has 0 saturated carbocycles. The third kappa shape index (κ3) is 8.09. The van der Waals surface area contributed by atoms with E-state index in [0.717, 1.165) is 11.1 Å². The number of hydrogen-bond acceptors (Lipinski definition) is 10. The third-order valence-corrected chi connectivity index (χ3v) is 6.45. The summed E-state index contributed by atoms with van der Waals surface area (Å²) in [4.78, 5) is 33.1. The zero-order valence-electron chi connectivity index (χ0n) is 24.0. The largest absolute Gasteiger partial charge is 0.458 e. The van der Waals surface area contributed by atoms with Crippen LogP contribution in [-0.2, 0) is 9.47 Å². The predicted molar refractivity (Wildman–Crippen MR) is 161 cm³/mol. The van der Waals surface area contributed by atoms with Crippen molar-refractivity contribution >= 4 is 23.2 Å². The third-order valence-electron chi connectivity index (χ3n) is 6.45. The van der Waals surface area contributed by atoms with Crippen molar-refractivity contribution < 1.29 is 28.5 Å². The molecular formula is C32H30N6O6. The van der Waals surface area contributed by atoms with Gasteiger partial charge in [0.05, 0.1) is 24.6 Å². The number of ether oxygens (including phenoxy) is 4. The van der Waals surface area contributed by atoms with Gasteiger partial charge in [-0.1, -0.05) is 0 Å². The fraction of sp³-hybridized carbons (Fsp3) is 0.188. The molecule has 12 nitrogen and oxygen atoms in total. The quantitative estimate of drug-likeness (QED) is 0.207. The van der Waals surface area contributed by atoms with Crippen LogP contribution in [0.2, 0.25) is 0 Å². The number of benzene rings is 2. The lowest BCUT2D eigenvalue weighted by Gasteiger charge is -2.31. The summed E-state index contributed by atoms with van der Waals surface area (Å²) < 4.78 is 23.4. The summed E-state index contributed by atoms with van der Waals surface area (Å²) in [6, 6.07) is 20.3. The molecule has 2 aromatic carbocycles. The number of pyridine rings is 2. The molecule has 1 aliphatic rings. The number of amides is 2. The van der Waals surface area contributed by atoms with E-state index in [1.54, 1.807) is 87.2 Å². The van der Waals surface area contributed by atoms with E-state index < -0.39 is 12.6 Å². The van der Waals surface area contributed by atoms with Gasteiger partial charge < -0.3 is 18.9 Å². The second kappa shape index (κ2) is 14.6. The molecule has 5 rings (SSSR count). The van der Waals surface area contributed by atoms with Crippen molar-refractivity contribution in [2.75, 3.05) is 13.2 Å². The monoisotopic (exact) mass is 594 g/mol. The van der Waals surface area contributed by atoms with Gasteiger partial charge in [-0.2, -0.15) is 10.2 Å². The van der Waals surface area contributed by atoms with Crippen LogP contribution in [0.25, 0.3) is 0 Å². The van der Waals surface area contributed by atoms with Crippen molar-refractivity contribution in [3.8, 4) is 11.5 Å². The van der Waals surface area contributed by atoms with Crippen molar-refractivity contribution in [3.63, 3.8) is 0 Å². The molecule has 1 fully saturated rings. The topological polar surface area (TPSA) is 146 Å². The minimum absolute atomic E-state index is 0.318. The van der Waals surface area contributed by atoms with Gasteiger partial charge in [0.25, 0.3) is 24.4 Å². The summed E-state index contributed by atoms with van der Waals surface area (Å²) >= 11 is 0. The Morgan fingerprint density at radius 2 is 0.977 bits per heavy atom. The highest BCUT2D eigenvalue weighted by Crippen LogP contribution is 2.22. The average Bonchev–Trinajstić information content (AvgIpc) is 3.08. The Labute approximate surface area is 253 Å². The standard InChI is InChI=1S/C32H30N6O6/c1-21(23-11-15-33-16-12-23)35-37-29(39)25-3-7-27(8-4-25)43-31-32(42-20-19-41-31)44-28-9-5-26(6-10-28)30(40)38-36-22(2)24-13-17-34-18-14-24/h3-18,31-32H,19-20H2,1-2H3,(H,37,39)(H,38,40)/b35-21+,36-22+/t31-,32-/m0/s1. The number of carbonyl (C=O) groups is 2. The zero-order chi connectivity index (χ0) is 30.7. The normalized spacial score (nSPS) is 17.0. The van der Waals surface area contributed by atoms with E-state index in [1.807, 2.05) is 24.3 Å². The summed E-state index contributed by atoms with van der Waals surface area (Å²) in [6.45, 7) is 4.23. The van der Waals surface area contributed by atoms with E-state index in [-0.39, 0.29) is 11.8 Å². The van der Waals surface area contributed by atoms with Gasteiger partial charge in [0, 0.05) is 47.0 Å². The van der Waals surface area contributed by atoms with E-state index >= 15 is 0 Å². The van der Waals surface area contributed by atoms with Crippen LogP contribution in [0.5, 0.6) is 11.5 Å². The van der Waals surface area contributed by atoms with Crippen molar-refractivity contribution in [1.82, 2.24) is 20.8 Å². The number of carbonyl (C=O) groups excluding carboxylic acids is 2. The summed E-state index contributed by atoms with van der Waals surface area (Å²) in [5.41, 5.74) is 8.93. The SMILES string of the molecule is C/C(=N\NC(=O)c1ccc(O[C@@H]2OCCO[C@H]2Oc2ccc(C(=O)N/N=C(\C)c3ccncc3)cc2)cc1)c1ccncc1. The molecule has 1 saturated heterocycles. The van der Waals surface area contributed by atoms with Gasteiger partial charge in [-0.25, -0.2) is 10.9 Å². The van der Waals surface area contributed by atoms with Gasteiger partial charge in [0.15, 0.2) is 0 Å². The predicted octanol–water partition coefficient (Wildman–Crippen LogP) is 3.94. The van der Waals surface area contributed by atoms with Crippen LogP contribution in [0.4, 0.5) is 0 Å². The Balaban J connectivity index is 1.14. The molecule has 44 heavy (non-hydrogen) atoms. The molecule has 2 N–H and O–H groups in total. The van der Waals surface area contributed by atoms with Crippen LogP contribution in [0.15, 0.2) is 108 Å². The number of nitrogens with zero attached hydrogens (tertiary/aromatic N) is 4. The first-order valence-electron chi connectivity index (χ1n) is 13.7. The van der Waals surface area contributed by atoms with E-state index in [0.29, 0.717) is 47.3 Å². The molecule has 0 radical (unpaired) electrons. The van der Waals surface area contributed by atoms with Crippen LogP contribution >= 0.6 is 0 Å². The van der Waals surface area contributed by atoms with Crippen LogP contribution in [0, 0.1) is 0 Å². The molecule has 2 atom stereocenters. The Kier molecular flexibility index (Phi) is 9.98. The van der Waals surface area contributed by atoms with Crippen molar-refractivity contribution in [3.05, 3.63) is 120 Å². The van der Waals surface area contributed by atoms with Crippen LogP contribution in [0.3, 0.4) is 0 Å². The number of nitrogens with one attached hydrogen (secondary N) is 2. The van der Waals surface area contributed by atoms with Gasteiger partial charge in [0.2, 0.25) is 0 Å². The molecule has 2 aromatic heterocycles. The highest BCUT2D eigenvalue weighted by Gasteiger charge is 2.31. The van der Waals surface area contributed by atoms with Crippen molar-refractivity contribution in [2.24, 2.45) is 10.2 Å². The fourth-order valence-corrected chi connectivity index (χ4v) is 4.02. The second-order valence-corrected chi connectivity index (χ2v) is 9.51. The number of aromatic nitrogens is 2. The smallest absolute Gasteiger partial charge is 0.271 e. The highest BCUT2D eigenvalue weighted by molar-refractivity contribution is 6.01.